The van der Waals surface area contributed by atoms with Gasteiger partial charge in [0.1, 0.15) is 0 Å². The van der Waals surface area contributed by atoms with E-state index in [1.807, 2.05) is 18.2 Å². The van der Waals surface area contributed by atoms with Crippen molar-refractivity contribution in [2.75, 3.05) is 0 Å². The Morgan fingerprint density at radius 3 is 1.41 bits per heavy atom. The average molecular weight is 814 g/mol. The van der Waals surface area contributed by atoms with Gasteiger partial charge >= 0.3 is 0 Å². The standard InChI is InChI=1S/C61H39N3/c1-3-13-40(14-4-1)41-25-29-46(30-26-41)59-62-60(64-61(63-59)56-22-12-11-19-52(56)43-15-5-2-6-16-43)51-34-33-48-37-47(31-32-49(48)38-51)42-23-27-45(28-24-42)58-54-21-10-8-18-50(54)39-57-53-20-9-7-17-44(53)35-36-55(57)58/h1-39H. The van der Waals surface area contributed by atoms with Gasteiger partial charge in [-0.1, -0.05) is 218 Å². The largest absolute Gasteiger partial charge is 0.208 e. The van der Waals surface area contributed by atoms with Gasteiger partial charge in [0.25, 0.3) is 0 Å². The summed E-state index contributed by atoms with van der Waals surface area (Å²) in [5.74, 6) is 1.90. The molecule has 0 radical (unpaired) electrons. The number of rotatable bonds is 7. The summed E-state index contributed by atoms with van der Waals surface area (Å²) in [5.41, 5.74) is 12.1. The van der Waals surface area contributed by atoms with E-state index in [4.69, 9.17) is 15.0 Å². The van der Waals surface area contributed by atoms with Crippen LogP contribution < -0.4 is 0 Å². The molecule has 1 heterocycles. The molecular weight excluding hydrogens is 775 g/mol. The fraction of sp³-hybridized carbons (Fsp3) is 0. The van der Waals surface area contributed by atoms with Gasteiger partial charge < -0.3 is 0 Å². The van der Waals surface area contributed by atoms with Crippen LogP contribution >= 0.6 is 0 Å². The van der Waals surface area contributed by atoms with E-state index in [9.17, 15) is 0 Å². The predicted octanol–water partition coefficient (Wildman–Crippen LogP) is 16.2. The fourth-order valence-electron chi connectivity index (χ4n) is 9.27. The van der Waals surface area contributed by atoms with Crippen LogP contribution in [0.25, 0.3) is 122 Å². The van der Waals surface area contributed by atoms with Gasteiger partial charge in [0.15, 0.2) is 17.5 Å². The molecule has 0 saturated carbocycles. The highest BCUT2D eigenvalue weighted by Crippen LogP contribution is 2.40. The van der Waals surface area contributed by atoms with E-state index in [1.165, 1.54) is 60.1 Å². The van der Waals surface area contributed by atoms with Crippen molar-refractivity contribution in [3.8, 4) is 78.7 Å². The Bertz CT molecular complexity index is 3690. The molecule has 0 saturated heterocycles. The van der Waals surface area contributed by atoms with Crippen molar-refractivity contribution < 1.29 is 0 Å². The number of fused-ring (bicyclic) bond motifs is 5. The van der Waals surface area contributed by atoms with Crippen molar-refractivity contribution in [3.05, 3.63) is 237 Å². The third kappa shape index (κ3) is 6.77. The molecule has 11 aromatic carbocycles. The highest BCUT2D eigenvalue weighted by molar-refractivity contribution is 6.20. The van der Waals surface area contributed by atoms with E-state index in [-0.39, 0.29) is 0 Å². The maximum Gasteiger partial charge on any atom is 0.164 e. The minimum Gasteiger partial charge on any atom is -0.208 e. The van der Waals surface area contributed by atoms with Crippen LogP contribution in [-0.4, -0.2) is 15.0 Å². The molecule has 298 valence electrons. The van der Waals surface area contributed by atoms with Gasteiger partial charge in [-0.05, 0) is 106 Å². The third-order valence-electron chi connectivity index (χ3n) is 12.5. The van der Waals surface area contributed by atoms with E-state index < -0.39 is 0 Å². The van der Waals surface area contributed by atoms with E-state index >= 15 is 0 Å². The van der Waals surface area contributed by atoms with E-state index in [0.717, 1.165) is 44.2 Å². The minimum atomic E-state index is 0.630. The molecule has 12 rings (SSSR count). The molecule has 0 spiro atoms. The van der Waals surface area contributed by atoms with Gasteiger partial charge in [-0.25, -0.2) is 15.0 Å². The molecule has 0 aliphatic heterocycles. The number of benzene rings is 11. The van der Waals surface area contributed by atoms with Gasteiger partial charge in [-0.3, -0.25) is 0 Å². The lowest BCUT2D eigenvalue weighted by atomic mass is 9.89. The zero-order valence-electron chi connectivity index (χ0n) is 34.9. The smallest absolute Gasteiger partial charge is 0.164 e. The first-order chi connectivity index (χ1) is 31.7. The van der Waals surface area contributed by atoms with E-state index in [2.05, 4.69) is 218 Å². The monoisotopic (exact) mass is 813 g/mol. The SMILES string of the molecule is c1ccc(-c2ccc(-c3nc(-c4ccc5cc(-c6ccc(-c7c8ccccc8cc8c7ccc7ccccc78)cc6)ccc5c4)nc(-c4ccccc4-c4ccccc4)n3)cc2)cc1. The summed E-state index contributed by atoms with van der Waals surface area (Å²) < 4.78 is 0. The highest BCUT2D eigenvalue weighted by atomic mass is 15.0. The lowest BCUT2D eigenvalue weighted by Crippen LogP contribution is -2.01. The van der Waals surface area contributed by atoms with Crippen LogP contribution in [0.5, 0.6) is 0 Å². The molecule has 0 aliphatic rings. The van der Waals surface area contributed by atoms with Crippen LogP contribution in [0.4, 0.5) is 0 Å². The summed E-state index contributed by atoms with van der Waals surface area (Å²) in [7, 11) is 0. The maximum atomic E-state index is 5.19. The van der Waals surface area contributed by atoms with Crippen LogP contribution in [0.15, 0.2) is 237 Å². The second-order valence-corrected chi connectivity index (χ2v) is 16.4. The van der Waals surface area contributed by atoms with Crippen molar-refractivity contribution in [1.29, 1.82) is 0 Å². The van der Waals surface area contributed by atoms with Crippen LogP contribution in [0.3, 0.4) is 0 Å². The Labute approximate surface area is 371 Å². The molecule has 0 amide bonds. The Morgan fingerprint density at radius 1 is 0.203 bits per heavy atom. The van der Waals surface area contributed by atoms with Crippen molar-refractivity contribution in [1.82, 2.24) is 15.0 Å². The molecule has 0 fully saturated rings. The molecule has 1 aromatic heterocycles. The van der Waals surface area contributed by atoms with E-state index in [1.54, 1.807) is 0 Å². The zero-order valence-corrected chi connectivity index (χ0v) is 34.9. The van der Waals surface area contributed by atoms with Gasteiger partial charge in [0, 0.05) is 16.7 Å². The van der Waals surface area contributed by atoms with Gasteiger partial charge in [-0.15, -0.1) is 0 Å². The molecule has 0 atom stereocenters. The molecule has 64 heavy (non-hydrogen) atoms. The molecule has 0 bridgehead atoms. The van der Waals surface area contributed by atoms with Gasteiger partial charge in [-0.2, -0.15) is 0 Å². The number of hydrogen-bond donors (Lipinski definition) is 0. The number of hydrogen-bond acceptors (Lipinski definition) is 3. The quantitative estimate of drug-likeness (QED) is 0.119. The first-order valence-corrected chi connectivity index (χ1v) is 21.8. The average Bonchev–Trinajstić information content (AvgIpc) is 3.38. The summed E-state index contributed by atoms with van der Waals surface area (Å²) in [6.45, 7) is 0. The summed E-state index contributed by atoms with van der Waals surface area (Å²) in [4.78, 5) is 15.5. The zero-order chi connectivity index (χ0) is 42.4. The maximum absolute atomic E-state index is 5.19. The normalized spacial score (nSPS) is 11.4. The Kier molecular flexibility index (Phi) is 9.16. The van der Waals surface area contributed by atoms with Crippen LogP contribution in [0, 0.1) is 0 Å². The Balaban J connectivity index is 0.915. The second kappa shape index (κ2) is 15.7. The number of nitrogens with zero attached hydrogens (tertiary/aromatic N) is 3. The molecule has 3 heteroatoms. The van der Waals surface area contributed by atoms with Crippen molar-refractivity contribution in [3.63, 3.8) is 0 Å². The van der Waals surface area contributed by atoms with Gasteiger partial charge in [0.05, 0.1) is 0 Å². The first kappa shape index (κ1) is 37.2. The minimum absolute atomic E-state index is 0.630. The van der Waals surface area contributed by atoms with Crippen LogP contribution in [-0.2, 0) is 0 Å². The molecular formula is C61H39N3. The molecule has 3 nitrogen and oxygen atoms in total. The first-order valence-electron chi connectivity index (χ1n) is 21.8. The molecule has 0 unspecified atom stereocenters. The van der Waals surface area contributed by atoms with Crippen molar-refractivity contribution in [2.24, 2.45) is 0 Å². The van der Waals surface area contributed by atoms with Crippen molar-refractivity contribution >= 4 is 43.1 Å². The summed E-state index contributed by atoms with van der Waals surface area (Å²) in [5, 5.41) is 9.87. The Morgan fingerprint density at radius 2 is 0.672 bits per heavy atom. The van der Waals surface area contributed by atoms with E-state index in [0.29, 0.717) is 17.5 Å². The fourth-order valence-corrected chi connectivity index (χ4v) is 9.27. The third-order valence-corrected chi connectivity index (χ3v) is 12.5. The summed E-state index contributed by atoms with van der Waals surface area (Å²) in [6.07, 6.45) is 0. The molecule has 12 aromatic rings. The van der Waals surface area contributed by atoms with Crippen molar-refractivity contribution in [2.45, 2.75) is 0 Å². The number of aromatic nitrogens is 3. The van der Waals surface area contributed by atoms with Crippen LogP contribution in [0.2, 0.25) is 0 Å². The van der Waals surface area contributed by atoms with Gasteiger partial charge in [0.2, 0.25) is 0 Å². The topological polar surface area (TPSA) is 38.7 Å². The molecule has 0 N–H and O–H groups in total. The summed E-state index contributed by atoms with van der Waals surface area (Å²) in [6, 6.07) is 84.3. The predicted molar refractivity (Wildman–Crippen MR) is 268 cm³/mol. The Hall–Kier alpha value is -8.53. The lowest BCUT2D eigenvalue weighted by molar-refractivity contribution is 1.07. The second-order valence-electron chi connectivity index (χ2n) is 16.4. The van der Waals surface area contributed by atoms with Crippen LogP contribution in [0.1, 0.15) is 0 Å². The lowest BCUT2D eigenvalue weighted by Gasteiger charge is -2.15. The molecule has 0 aliphatic carbocycles. The highest BCUT2D eigenvalue weighted by Gasteiger charge is 2.17. The summed E-state index contributed by atoms with van der Waals surface area (Å²) >= 11 is 0.